The summed E-state index contributed by atoms with van der Waals surface area (Å²) in [6, 6.07) is 15.3. The normalized spacial score (nSPS) is 19.7. The number of phenols is 1. The Bertz CT molecular complexity index is 870. The summed E-state index contributed by atoms with van der Waals surface area (Å²) in [5.74, 6) is 1.000. The monoisotopic (exact) mass is 303 g/mol. The van der Waals surface area contributed by atoms with Crippen LogP contribution < -0.4 is 0 Å². The molecule has 1 heterocycles. The number of phenolic OH excluding ortho intramolecular Hbond substituents is 1. The molecular formula is C20H17NO2. The van der Waals surface area contributed by atoms with Gasteiger partial charge in [-0.3, -0.25) is 9.78 Å². The lowest BCUT2D eigenvalue weighted by Crippen LogP contribution is -2.06. The second-order valence-electron chi connectivity index (χ2n) is 6.24. The van der Waals surface area contributed by atoms with Gasteiger partial charge in [0.25, 0.3) is 0 Å². The van der Waals surface area contributed by atoms with Crippen LogP contribution >= 0.6 is 0 Å². The molecule has 1 fully saturated rings. The second-order valence-corrected chi connectivity index (χ2v) is 6.24. The van der Waals surface area contributed by atoms with E-state index in [4.69, 9.17) is 0 Å². The van der Waals surface area contributed by atoms with Gasteiger partial charge in [0.05, 0.1) is 0 Å². The second kappa shape index (κ2) is 5.51. The summed E-state index contributed by atoms with van der Waals surface area (Å²) in [6.45, 7) is 0. The molecular weight excluding hydrogens is 286 g/mol. The van der Waals surface area contributed by atoms with Gasteiger partial charge in [-0.15, -0.1) is 0 Å². The van der Waals surface area contributed by atoms with Crippen molar-refractivity contribution in [3.05, 3.63) is 72.1 Å². The first-order valence-electron chi connectivity index (χ1n) is 7.85. The third-order valence-corrected chi connectivity index (χ3v) is 4.61. The Morgan fingerprint density at radius 1 is 1.09 bits per heavy atom. The number of carbonyl (C=O) groups excluding carboxylic acids is 1. The van der Waals surface area contributed by atoms with E-state index in [2.05, 4.69) is 11.1 Å². The fourth-order valence-electron chi connectivity index (χ4n) is 3.22. The summed E-state index contributed by atoms with van der Waals surface area (Å²) >= 11 is 0. The van der Waals surface area contributed by atoms with Crippen molar-refractivity contribution in [2.75, 3.05) is 0 Å². The quantitative estimate of drug-likeness (QED) is 0.796. The van der Waals surface area contributed by atoms with E-state index in [9.17, 15) is 9.90 Å². The predicted molar refractivity (Wildman–Crippen MR) is 89.4 cm³/mol. The number of aromatic nitrogens is 1. The average molecular weight is 303 g/mol. The van der Waals surface area contributed by atoms with E-state index >= 15 is 0 Å². The summed E-state index contributed by atoms with van der Waals surface area (Å²) in [6.07, 6.45) is 5.01. The van der Waals surface area contributed by atoms with Gasteiger partial charge < -0.3 is 5.11 Å². The molecule has 0 unspecified atom stereocenters. The van der Waals surface area contributed by atoms with E-state index in [0.29, 0.717) is 18.1 Å². The molecule has 0 amide bonds. The molecule has 23 heavy (non-hydrogen) atoms. The number of pyridine rings is 1. The minimum absolute atomic E-state index is 0.118. The highest BCUT2D eigenvalue weighted by Gasteiger charge is 2.43. The van der Waals surface area contributed by atoms with E-state index in [1.807, 2.05) is 36.5 Å². The fourth-order valence-corrected chi connectivity index (χ4v) is 3.22. The molecule has 0 spiro atoms. The van der Waals surface area contributed by atoms with Gasteiger partial charge >= 0.3 is 0 Å². The Labute approximate surface area is 134 Å². The largest absolute Gasteiger partial charge is 0.508 e. The van der Waals surface area contributed by atoms with Crippen LogP contribution in [0.2, 0.25) is 0 Å². The lowest BCUT2D eigenvalue weighted by Gasteiger charge is -2.04. The maximum absolute atomic E-state index is 12.5. The van der Waals surface area contributed by atoms with Crippen LogP contribution in [0.1, 0.15) is 23.5 Å². The highest BCUT2D eigenvalue weighted by atomic mass is 16.3. The summed E-state index contributed by atoms with van der Waals surface area (Å²) in [7, 11) is 0. The van der Waals surface area contributed by atoms with Crippen LogP contribution in [-0.4, -0.2) is 15.9 Å². The molecule has 1 saturated carbocycles. The van der Waals surface area contributed by atoms with Crippen molar-refractivity contribution in [1.82, 2.24) is 4.98 Å². The molecule has 0 bridgehead atoms. The van der Waals surface area contributed by atoms with Crippen LogP contribution in [0, 0.1) is 5.92 Å². The zero-order chi connectivity index (χ0) is 15.8. The molecule has 1 N–H and O–H groups in total. The van der Waals surface area contributed by atoms with E-state index in [0.717, 1.165) is 28.3 Å². The van der Waals surface area contributed by atoms with Crippen LogP contribution in [0.25, 0.3) is 10.8 Å². The van der Waals surface area contributed by atoms with E-state index in [1.165, 1.54) is 0 Å². The minimum atomic E-state index is 0.118. The highest BCUT2D eigenvalue weighted by molar-refractivity contribution is 5.89. The summed E-state index contributed by atoms with van der Waals surface area (Å²) < 4.78 is 0. The number of hydrogen-bond acceptors (Lipinski definition) is 3. The number of fused-ring (bicyclic) bond motifs is 1. The van der Waals surface area contributed by atoms with Crippen LogP contribution in [0.5, 0.6) is 5.75 Å². The Kier molecular flexibility index (Phi) is 3.34. The van der Waals surface area contributed by atoms with Gasteiger partial charge in [-0.25, -0.2) is 0 Å². The number of carbonyl (C=O) groups is 1. The van der Waals surface area contributed by atoms with Crippen molar-refractivity contribution in [3.8, 4) is 5.75 Å². The Balaban J connectivity index is 1.46. The first-order valence-corrected chi connectivity index (χ1v) is 7.85. The maximum Gasteiger partial charge on any atom is 0.140 e. The molecule has 3 heteroatoms. The number of aromatic hydroxyl groups is 1. The summed E-state index contributed by atoms with van der Waals surface area (Å²) in [4.78, 5) is 16.6. The molecule has 2 atom stereocenters. The van der Waals surface area contributed by atoms with Gasteiger partial charge in [-0.2, -0.15) is 0 Å². The van der Waals surface area contributed by atoms with Crippen molar-refractivity contribution < 1.29 is 9.90 Å². The smallest absolute Gasteiger partial charge is 0.140 e. The first kappa shape index (κ1) is 13.9. The predicted octanol–water partition coefficient (Wildman–Crippen LogP) is 3.86. The van der Waals surface area contributed by atoms with Crippen LogP contribution in [0.4, 0.5) is 0 Å². The topological polar surface area (TPSA) is 50.2 Å². The molecule has 1 aliphatic rings. The molecule has 2 aromatic carbocycles. The third-order valence-electron chi connectivity index (χ3n) is 4.61. The van der Waals surface area contributed by atoms with Crippen LogP contribution in [0.15, 0.2) is 60.9 Å². The van der Waals surface area contributed by atoms with Crippen molar-refractivity contribution in [2.24, 2.45) is 5.92 Å². The molecule has 1 aliphatic carbocycles. The number of benzene rings is 2. The zero-order valence-electron chi connectivity index (χ0n) is 12.6. The van der Waals surface area contributed by atoms with Crippen molar-refractivity contribution in [2.45, 2.75) is 18.8 Å². The lowest BCUT2D eigenvalue weighted by atomic mass is 10.0. The zero-order valence-corrected chi connectivity index (χ0v) is 12.6. The molecule has 0 radical (unpaired) electrons. The van der Waals surface area contributed by atoms with Gasteiger partial charge in [0, 0.05) is 30.1 Å². The molecule has 0 saturated heterocycles. The Hall–Kier alpha value is -2.68. The van der Waals surface area contributed by atoms with Gasteiger partial charge in [-0.05, 0) is 47.1 Å². The third kappa shape index (κ3) is 2.82. The fraction of sp³-hybridized carbons (Fsp3) is 0.200. The molecule has 3 aromatic rings. The van der Waals surface area contributed by atoms with Crippen molar-refractivity contribution in [1.29, 1.82) is 0 Å². The van der Waals surface area contributed by atoms with Gasteiger partial charge in [0.2, 0.25) is 0 Å². The number of Topliss-reactive ketones (excluding diaryl/α,β-unsaturated/α-hetero) is 1. The van der Waals surface area contributed by atoms with E-state index in [-0.39, 0.29) is 11.7 Å². The number of ketones is 1. The first-order chi connectivity index (χ1) is 11.2. The van der Waals surface area contributed by atoms with Gasteiger partial charge in [0.1, 0.15) is 11.5 Å². The average Bonchev–Trinajstić information content (AvgIpc) is 3.36. The van der Waals surface area contributed by atoms with Gasteiger partial charge in [-0.1, -0.05) is 30.3 Å². The SMILES string of the molecule is O=C(Cc1ccc2cnccc2c1)[C@@H]1C[C@H]1c1ccc(O)cc1. The van der Waals surface area contributed by atoms with Crippen LogP contribution in [-0.2, 0) is 11.2 Å². The molecule has 3 nitrogen and oxygen atoms in total. The maximum atomic E-state index is 12.5. The molecule has 4 rings (SSSR count). The Morgan fingerprint density at radius 2 is 1.91 bits per heavy atom. The lowest BCUT2D eigenvalue weighted by molar-refractivity contribution is -0.119. The van der Waals surface area contributed by atoms with Gasteiger partial charge in [0.15, 0.2) is 0 Å². The van der Waals surface area contributed by atoms with E-state index in [1.54, 1.807) is 18.3 Å². The standard InChI is InChI=1S/C20H17NO2/c22-17-5-3-14(4-6-17)18-11-19(18)20(23)10-13-1-2-16-12-21-8-7-15(16)9-13/h1-9,12,18-19,22H,10-11H2/t18-,19+/m0/s1. The number of hydrogen-bond donors (Lipinski definition) is 1. The molecule has 0 aliphatic heterocycles. The summed E-state index contributed by atoms with van der Waals surface area (Å²) in [5, 5.41) is 11.6. The highest BCUT2D eigenvalue weighted by Crippen LogP contribution is 2.48. The summed E-state index contributed by atoms with van der Waals surface area (Å²) in [5.41, 5.74) is 2.20. The van der Waals surface area contributed by atoms with Crippen molar-refractivity contribution in [3.63, 3.8) is 0 Å². The minimum Gasteiger partial charge on any atom is -0.508 e. The van der Waals surface area contributed by atoms with E-state index < -0.39 is 0 Å². The van der Waals surface area contributed by atoms with Crippen molar-refractivity contribution >= 4 is 16.6 Å². The van der Waals surface area contributed by atoms with Crippen LogP contribution in [0.3, 0.4) is 0 Å². The number of rotatable bonds is 4. The number of nitrogens with zero attached hydrogens (tertiary/aromatic N) is 1. The molecule has 114 valence electrons. The molecule has 1 aromatic heterocycles. The Morgan fingerprint density at radius 3 is 2.74 bits per heavy atom.